The quantitative estimate of drug-likeness (QED) is 0.161. The molecule has 0 unspecified atom stereocenters. The second-order valence-corrected chi connectivity index (χ2v) is 8.52. The van der Waals surface area contributed by atoms with Crippen LogP contribution in [0.4, 0.5) is 10.5 Å². The van der Waals surface area contributed by atoms with Crippen molar-refractivity contribution in [3.8, 4) is 0 Å². The van der Waals surface area contributed by atoms with Crippen LogP contribution in [0.2, 0.25) is 0 Å². The van der Waals surface area contributed by atoms with Crippen LogP contribution in [0.5, 0.6) is 0 Å². The predicted octanol–water partition coefficient (Wildman–Crippen LogP) is 2.84. The van der Waals surface area contributed by atoms with Crippen molar-refractivity contribution in [2.75, 3.05) is 11.9 Å². The second-order valence-electron chi connectivity index (χ2n) is 7.53. The van der Waals surface area contributed by atoms with Gasteiger partial charge in [-0.3, -0.25) is 19.3 Å². The predicted molar refractivity (Wildman–Crippen MR) is 131 cm³/mol. The van der Waals surface area contributed by atoms with Gasteiger partial charge in [-0.15, -0.1) is 0 Å². The molecule has 10 heteroatoms. The number of nitrogens with one attached hydrogen (secondary N) is 2. The molecule has 1 heterocycles. The number of carbonyl (C=O) groups is 3. The lowest BCUT2D eigenvalue weighted by molar-refractivity contribution is -0.123. The molecule has 0 bridgehead atoms. The van der Waals surface area contributed by atoms with Crippen molar-refractivity contribution >= 4 is 46.4 Å². The number of hydrazone groups is 1. The van der Waals surface area contributed by atoms with E-state index < -0.39 is 0 Å². The molecule has 3 rings (SSSR count). The SMILES string of the molecule is Cc1ccc(/C=C2\SC(=O)N(CCCC(=O)Nc3ccc(/C(=N/N)NN)cc3)C2=O)cc1C. The molecule has 9 nitrogen and oxygen atoms in total. The third kappa shape index (κ3) is 5.99. The number of amidine groups is 1. The molecule has 1 saturated heterocycles. The Morgan fingerprint density at radius 1 is 1.12 bits per heavy atom. The number of imide groups is 1. The summed E-state index contributed by atoms with van der Waals surface area (Å²) in [5.74, 6) is 10.3. The summed E-state index contributed by atoms with van der Waals surface area (Å²) in [6.07, 6.45) is 2.26. The Morgan fingerprint density at radius 3 is 2.48 bits per heavy atom. The number of benzene rings is 2. The van der Waals surface area contributed by atoms with Gasteiger partial charge in [0.25, 0.3) is 11.1 Å². The Balaban J connectivity index is 1.52. The lowest BCUT2D eigenvalue weighted by Crippen LogP contribution is -2.32. The number of nitrogens with zero attached hydrogens (tertiary/aromatic N) is 2. The van der Waals surface area contributed by atoms with Gasteiger partial charge in [-0.2, -0.15) is 5.10 Å². The molecular formula is C23H26N6O3S. The third-order valence-corrected chi connectivity index (χ3v) is 6.10. The summed E-state index contributed by atoms with van der Waals surface area (Å²) >= 11 is 0.921. The van der Waals surface area contributed by atoms with Gasteiger partial charge >= 0.3 is 0 Å². The molecule has 0 radical (unpaired) electrons. The fourth-order valence-electron chi connectivity index (χ4n) is 3.23. The normalized spacial score (nSPS) is 15.3. The van der Waals surface area contributed by atoms with Gasteiger partial charge in [-0.05, 0) is 79.1 Å². The average molecular weight is 467 g/mol. The minimum Gasteiger partial charge on any atom is -0.326 e. The molecule has 0 aromatic heterocycles. The number of hydrogen-bond acceptors (Lipinski definition) is 7. The second kappa shape index (κ2) is 10.8. The Labute approximate surface area is 196 Å². The Bertz CT molecular complexity index is 1130. The highest BCUT2D eigenvalue weighted by Crippen LogP contribution is 2.32. The average Bonchev–Trinajstić information content (AvgIpc) is 3.05. The van der Waals surface area contributed by atoms with E-state index in [9.17, 15) is 14.4 Å². The van der Waals surface area contributed by atoms with Gasteiger partial charge in [0, 0.05) is 24.2 Å². The fourth-order valence-corrected chi connectivity index (χ4v) is 4.09. The molecule has 6 N–H and O–H groups in total. The van der Waals surface area contributed by atoms with Crippen LogP contribution in [0.25, 0.3) is 6.08 Å². The van der Waals surface area contributed by atoms with Crippen molar-refractivity contribution in [1.82, 2.24) is 10.3 Å². The van der Waals surface area contributed by atoms with Gasteiger partial charge in [0.15, 0.2) is 5.84 Å². The van der Waals surface area contributed by atoms with Gasteiger partial charge in [0.2, 0.25) is 5.91 Å². The number of nitrogens with two attached hydrogens (primary N) is 2. The summed E-state index contributed by atoms with van der Waals surface area (Å²) in [6, 6.07) is 12.7. The summed E-state index contributed by atoms with van der Waals surface area (Å²) in [7, 11) is 0. The molecule has 0 aliphatic carbocycles. The molecule has 0 atom stereocenters. The number of aryl methyl sites for hydroxylation is 2. The van der Waals surface area contributed by atoms with E-state index in [0.29, 0.717) is 28.4 Å². The van der Waals surface area contributed by atoms with Gasteiger partial charge in [-0.1, -0.05) is 18.2 Å². The zero-order valence-electron chi connectivity index (χ0n) is 18.4. The van der Waals surface area contributed by atoms with E-state index in [0.717, 1.165) is 28.5 Å². The molecule has 2 aromatic rings. The summed E-state index contributed by atoms with van der Waals surface area (Å²) < 4.78 is 0. The van der Waals surface area contributed by atoms with Crippen molar-refractivity contribution in [3.05, 3.63) is 69.6 Å². The van der Waals surface area contributed by atoms with Gasteiger partial charge in [-0.25, -0.2) is 5.84 Å². The first-order valence-electron chi connectivity index (χ1n) is 10.3. The summed E-state index contributed by atoms with van der Waals surface area (Å²) in [4.78, 5) is 38.8. The van der Waals surface area contributed by atoms with Crippen molar-refractivity contribution in [2.24, 2.45) is 16.8 Å². The van der Waals surface area contributed by atoms with E-state index in [2.05, 4.69) is 15.8 Å². The minimum atomic E-state index is -0.329. The largest absolute Gasteiger partial charge is 0.326 e. The van der Waals surface area contributed by atoms with E-state index in [1.54, 1.807) is 30.3 Å². The number of hydrogen-bond donors (Lipinski definition) is 4. The van der Waals surface area contributed by atoms with Crippen molar-refractivity contribution < 1.29 is 14.4 Å². The minimum absolute atomic E-state index is 0.166. The first-order valence-corrected chi connectivity index (χ1v) is 11.1. The van der Waals surface area contributed by atoms with Crippen LogP contribution in [0, 0.1) is 13.8 Å². The first kappa shape index (κ1) is 24.0. The number of amides is 3. The molecule has 1 aliphatic rings. The van der Waals surface area contributed by atoms with Crippen molar-refractivity contribution in [2.45, 2.75) is 26.7 Å². The van der Waals surface area contributed by atoms with Crippen LogP contribution in [0.15, 0.2) is 52.5 Å². The van der Waals surface area contributed by atoms with E-state index in [4.69, 9.17) is 11.7 Å². The number of hydrazine groups is 1. The number of carbonyl (C=O) groups excluding carboxylic acids is 3. The molecule has 2 aromatic carbocycles. The van der Waals surface area contributed by atoms with Gasteiger partial charge in [0.05, 0.1) is 4.91 Å². The molecule has 3 amide bonds. The summed E-state index contributed by atoms with van der Waals surface area (Å²) in [5.41, 5.74) is 6.81. The summed E-state index contributed by atoms with van der Waals surface area (Å²) in [6.45, 7) is 4.20. The van der Waals surface area contributed by atoms with E-state index in [1.165, 1.54) is 4.90 Å². The standard InChI is InChI=1S/C23H26N6O3S/c1-14-5-6-16(12-15(14)2)13-19-22(31)29(23(32)33-19)11-3-4-20(30)26-18-9-7-17(8-10-18)21(27-24)28-25/h5-10,12-13H,3-4,11,24-25H2,1-2H3,(H,26,30)(H,27,28)/b19-13-. The first-order chi connectivity index (χ1) is 15.8. The highest BCUT2D eigenvalue weighted by atomic mass is 32.2. The van der Waals surface area contributed by atoms with Crippen LogP contribution in [0.1, 0.15) is 35.1 Å². The molecule has 172 valence electrons. The van der Waals surface area contributed by atoms with Crippen molar-refractivity contribution in [1.29, 1.82) is 0 Å². The molecule has 0 spiro atoms. The number of rotatable bonds is 7. The monoisotopic (exact) mass is 466 g/mol. The van der Waals surface area contributed by atoms with Gasteiger partial charge in [0.1, 0.15) is 0 Å². The smallest absolute Gasteiger partial charge is 0.293 e. The number of thioether (sulfide) groups is 1. The van der Waals surface area contributed by atoms with E-state index in [1.807, 2.05) is 32.0 Å². The summed E-state index contributed by atoms with van der Waals surface area (Å²) in [5, 5.41) is 5.98. The lowest BCUT2D eigenvalue weighted by atomic mass is 10.1. The third-order valence-electron chi connectivity index (χ3n) is 5.20. The van der Waals surface area contributed by atoms with Crippen LogP contribution < -0.4 is 22.4 Å². The highest BCUT2D eigenvalue weighted by Gasteiger charge is 2.34. The molecule has 33 heavy (non-hydrogen) atoms. The van der Waals surface area contributed by atoms with Crippen LogP contribution in [0.3, 0.4) is 0 Å². The zero-order valence-corrected chi connectivity index (χ0v) is 19.2. The fraction of sp³-hybridized carbons (Fsp3) is 0.217. The Morgan fingerprint density at radius 2 is 1.85 bits per heavy atom. The maximum Gasteiger partial charge on any atom is 0.293 e. The zero-order chi connectivity index (χ0) is 24.0. The van der Waals surface area contributed by atoms with Crippen LogP contribution in [-0.2, 0) is 9.59 Å². The topological polar surface area (TPSA) is 143 Å². The van der Waals surface area contributed by atoms with Crippen molar-refractivity contribution in [3.63, 3.8) is 0 Å². The molecule has 1 aliphatic heterocycles. The van der Waals surface area contributed by atoms with Crippen LogP contribution in [-0.4, -0.2) is 34.3 Å². The maximum absolute atomic E-state index is 12.7. The van der Waals surface area contributed by atoms with Crippen LogP contribution >= 0.6 is 11.8 Å². The Kier molecular flexibility index (Phi) is 7.86. The van der Waals surface area contributed by atoms with E-state index >= 15 is 0 Å². The molecular weight excluding hydrogens is 440 g/mol. The lowest BCUT2D eigenvalue weighted by Gasteiger charge is -2.12. The van der Waals surface area contributed by atoms with Gasteiger partial charge < -0.3 is 16.6 Å². The molecule has 0 saturated carbocycles. The maximum atomic E-state index is 12.7. The Hall–Kier alpha value is -3.63. The van der Waals surface area contributed by atoms with E-state index in [-0.39, 0.29) is 30.0 Å². The molecule has 1 fully saturated rings. The number of anilines is 1. The highest BCUT2D eigenvalue weighted by molar-refractivity contribution is 8.18.